The molecule has 7 heteroatoms. The fraction of sp³-hybridized carbons (Fsp3) is 0.455. The summed E-state index contributed by atoms with van der Waals surface area (Å²) in [7, 11) is -3.19. The van der Waals surface area contributed by atoms with Gasteiger partial charge in [-0.2, -0.15) is 0 Å². The first kappa shape index (κ1) is 15.1. The van der Waals surface area contributed by atoms with Gasteiger partial charge in [-0.15, -0.1) is 12.4 Å². The molecular formula is C11H18ClN3O2S. The van der Waals surface area contributed by atoms with Crippen LogP contribution in [0.15, 0.2) is 24.3 Å². The number of hydrogen-bond donors (Lipinski definition) is 2. The number of sulfonamides is 1. The van der Waals surface area contributed by atoms with Crippen LogP contribution in [-0.4, -0.2) is 40.9 Å². The Kier molecular flexibility index (Phi) is 5.25. The minimum Gasteiger partial charge on any atom is -0.369 e. The van der Waals surface area contributed by atoms with E-state index in [0.29, 0.717) is 5.69 Å². The summed E-state index contributed by atoms with van der Waals surface area (Å²) < 4.78 is 24.6. The Morgan fingerprint density at radius 1 is 1.17 bits per heavy atom. The predicted octanol–water partition coefficient (Wildman–Crippen LogP) is 0.889. The van der Waals surface area contributed by atoms with E-state index in [2.05, 4.69) is 14.9 Å². The molecule has 0 aromatic heterocycles. The maximum absolute atomic E-state index is 11.1. The van der Waals surface area contributed by atoms with Gasteiger partial charge in [-0.25, -0.2) is 8.42 Å². The second-order valence-electron chi connectivity index (χ2n) is 4.16. The molecule has 0 atom stereocenters. The lowest BCUT2D eigenvalue weighted by Crippen LogP contribution is -2.43. The molecule has 1 fully saturated rings. The van der Waals surface area contributed by atoms with Crippen LogP contribution in [0.5, 0.6) is 0 Å². The minimum absolute atomic E-state index is 0. The van der Waals surface area contributed by atoms with Crippen LogP contribution < -0.4 is 14.9 Å². The van der Waals surface area contributed by atoms with Gasteiger partial charge in [0.1, 0.15) is 0 Å². The fourth-order valence-corrected chi connectivity index (χ4v) is 2.44. The average Bonchev–Trinajstić information content (AvgIpc) is 2.29. The third-order valence-electron chi connectivity index (χ3n) is 2.65. The van der Waals surface area contributed by atoms with E-state index in [-0.39, 0.29) is 12.4 Å². The van der Waals surface area contributed by atoms with Gasteiger partial charge in [0.15, 0.2) is 0 Å². The number of hydrogen-bond acceptors (Lipinski definition) is 4. The number of benzene rings is 1. The summed E-state index contributed by atoms with van der Waals surface area (Å²) in [5.41, 5.74) is 1.73. The molecule has 5 nitrogen and oxygen atoms in total. The van der Waals surface area contributed by atoms with Crippen LogP contribution in [-0.2, 0) is 10.0 Å². The van der Waals surface area contributed by atoms with Gasteiger partial charge in [-0.1, -0.05) is 0 Å². The highest BCUT2D eigenvalue weighted by molar-refractivity contribution is 7.92. The quantitative estimate of drug-likeness (QED) is 0.868. The maximum atomic E-state index is 11.1. The summed E-state index contributed by atoms with van der Waals surface area (Å²) in [6.45, 7) is 3.95. The summed E-state index contributed by atoms with van der Waals surface area (Å²) >= 11 is 0. The lowest BCUT2D eigenvalue weighted by atomic mass is 10.2. The third kappa shape index (κ3) is 4.36. The number of anilines is 2. The molecule has 0 spiro atoms. The lowest BCUT2D eigenvalue weighted by Gasteiger charge is -2.29. The smallest absolute Gasteiger partial charge is 0.229 e. The molecule has 1 saturated heterocycles. The first-order valence-corrected chi connectivity index (χ1v) is 7.47. The van der Waals surface area contributed by atoms with E-state index in [0.717, 1.165) is 38.1 Å². The topological polar surface area (TPSA) is 61.4 Å². The van der Waals surface area contributed by atoms with E-state index in [1.54, 1.807) is 12.1 Å². The highest BCUT2D eigenvalue weighted by atomic mass is 35.5. The second kappa shape index (κ2) is 6.26. The number of halogens is 1. The largest absolute Gasteiger partial charge is 0.369 e. The van der Waals surface area contributed by atoms with Crippen molar-refractivity contribution in [2.75, 3.05) is 42.1 Å². The molecule has 0 amide bonds. The van der Waals surface area contributed by atoms with Crippen molar-refractivity contribution in [3.63, 3.8) is 0 Å². The van der Waals surface area contributed by atoms with Crippen LogP contribution in [0.25, 0.3) is 0 Å². The number of nitrogens with one attached hydrogen (secondary N) is 2. The molecule has 1 aromatic carbocycles. The molecule has 18 heavy (non-hydrogen) atoms. The molecule has 0 unspecified atom stereocenters. The van der Waals surface area contributed by atoms with Crippen molar-refractivity contribution in [2.45, 2.75) is 0 Å². The molecule has 2 N–H and O–H groups in total. The van der Waals surface area contributed by atoms with Crippen LogP contribution in [0.1, 0.15) is 0 Å². The van der Waals surface area contributed by atoms with Crippen molar-refractivity contribution in [1.82, 2.24) is 5.32 Å². The van der Waals surface area contributed by atoms with E-state index < -0.39 is 10.0 Å². The van der Waals surface area contributed by atoms with Gasteiger partial charge >= 0.3 is 0 Å². The average molecular weight is 292 g/mol. The molecule has 1 aliphatic heterocycles. The number of nitrogens with zero attached hydrogens (tertiary/aromatic N) is 1. The van der Waals surface area contributed by atoms with Crippen molar-refractivity contribution >= 4 is 33.8 Å². The van der Waals surface area contributed by atoms with Gasteiger partial charge in [0, 0.05) is 37.6 Å². The highest BCUT2D eigenvalue weighted by Crippen LogP contribution is 2.18. The zero-order chi connectivity index (χ0) is 12.3. The monoisotopic (exact) mass is 291 g/mol. The Bertz CT molecular complexity index is 470. The van der Waals surface area contributed by atoms with Crippen molar-refractivity contribution in [1.29, 1.82) is 0 Å². The van der Waals surface area contributed by atoms with Crippen LogP contribution in [0.2, 0.25) is 0 Å². The molecule has 0 saturated carbocycles. The van der Waals surface area contributed by atoms with Gasteiger partial charge in [-0.3, -0.25) is 4.72 Å². The summed E-state index contributed by atoms with van der Waals surface area (Å²) in [6.07, 6.45) is 1.15. The zero-order valence-corrected chi connectivity index (χ0v) is 11.9. The third-order valence-corrected chi connectivity index (χ3v) is 3.26. The number of piperazine rings is 1. The van der Waals surface area contributed by atoms with E-state index in [1.807, 2.05) is 12.1 Å². The van der Waals surface area contributed by atoms with Gasteiger partial charge in [0.05, 0.1) is 6.26 Å². The first-order chi connectivity index (χ1) is 8.04. The Hall–Kier alpha value is -0.980. The van der Waals surface area contributed by atoms with Crippen LogP contribution in [0, 0.1) is 0 Å². The number of rotatable bonds is 3. The molecule has 2 rings (SSSR count). The Morgan fingerprint density at radius 3 is 2.22 bits per heavy atom. The molecule has 102 valence electrons. The van der Waals surface area contributed by atoms with Crippen molar-refractivity contribution in [3.05, 3.63) is 24.3 Å². The standard InChI is InChI=1S/C11H17N3O2S.ClH/c1-17(15,16)13-10-2-4-11(5-3-10)14-8-6-12-7-9-14;/h2-5,12-13H,6-9H2,1H3;1H. The van der Waals surface area contributed by atoms with Gasteiger partial charge in [0.25, 0.3) is 0 Å². The van der Waals surface area contributed by atoms with Crippen molar-refractivity contribution in [3.8, 4) is 0 Å². The van der Waals surface area contributed by atoms with E-state index in [1.165, 1.54) is 0 Å². The minimum atomic E-state index is -3.19. The maximum Gasteiger partial charge on any atom is 0.229 e. The van der Waals surface area contributed by atoms with E-state index >= 15 is 0 Å². The fourth-order valence-electron chi connectivity index (χ4n) is 1.88. The summed E-state index contributed by atoms with van der Waals surface area (Å²) in [5, 5.41) is 3.29. The van der Waals surface area contributed by atoms with Gasteiger partial charge in [0.2, 0.25) is 10.0 Å². The normalized spacial score (nSPS) is 15.9. The molecule has 1 aliphatic rings. The second-order valence-corrected chi connectivity index (χ2v) is 5.91. The predicted molar refractivity (Wildman–Crippen MR) is 77.2 cm³/mol. The van der Waals surface area contributed by atoms with E-state index in [9.17, 15) is 8.42 Å². The van der Waals surface area contributed by atoms with Crippen LogP contribution in [0.4, 0.5) is 11.4 Å². The molecule has 0 aliphatic carbocycles. The van der Waals surface area contributed by atoms with Crippen LogP contribution >= 0.6 is 12.4 Å². The van der Waals surface area contributed by atoms with Gasteiger partial charge < -0.3 is 10.2 Å². The Morgan fingerprint density at radius 2 is 1.72 bits per heavy atom. The summed E-state index contributed by atoms with van der Waals surface area (Å²) in [4.78, 5) is 2.28. The molecule has 0 bridgehead atoms. The Labute approximate surface area is 114 Å². The summed E-state index contributed by atoms with van der Waals surface area (Å²) in [6, 6.07) is 7.47. The first-order valence-electron chi connectivity index (χ1n) is 5.58. The molecule has 0 radical (unpaired) electrons. The van der Waals surface area contributed by atoms with Gasteiger partial charge in [-0.05, 0) is 24.3 Å². The van der Waals surface area contributed by atoms with Crippen molar-refractivity contribution in [2.24, 2.45) is 0 Å². The van der Waals surface area contributed by atoms with E-state index in [4.69, 9.17) is 0 Å². The lowest BCUT2D eigenvalue weighted by molar-refractivity contribution is 0.589. The Balaban J connectivity index is 0.00000162. The van der Waals surface area contributed by atoms with Crippen LogP contribution in [0.3, 0.4) is 0 Å². The van der Waals surface area contributed by atoms with Crippen molar-refractivity contribution < 1.29 is 8.42 Å². The zero-order valence-electron chi connectivity index (χ0n) is 10.2. The summed E-state index contributed by atoms with van der Waals surface area (Å²) in [5.74, 6) is 0. The molecule has 1 aromatic rings. The SMILES string of the molecule is CS(=O)(=O)Nc1ccc(N2CCNCC2)cc1.Cl. The highest BCUT2D eigenvalue weighted by Gasteiger charge is 2.10. The molecule has 1 heterocycles. The molecular weight excluding hydrogens is 274 g/mol.